The molecule has 0 radical (unpaired) electrons. The molecular weight excluding hydrogens is 256 g/mol. The van der Waals surface area contributed by atoms with Crippen LogP contribution >= 0.6 is 0 Å². The van der Waals surface area contributed by atoms with Crippen LogP contribution in [0.3, 0.4) is 0 Å². The second-order valence-corrected chi connectivity index (χ2v) is 7.05. The average Bonchev–Trinajstić information content (AvgIpc) is 2.46. The third-order valence-electron chi connectivity index (χ3n) is 5.23. The van der Waals surface area contributed by atoms with Crippen LogP contribution in [0.25, 0.3) is 0 Å². The number of nitrogens with zero attached hydrogens (tertiary/aromatic N) is 1. The van der Waals surface area contributed by atoms with E-state index < -0.39 is 0 Å². The molecule has 1 saturated carbocycles. The van der Waals surface area contributed by atoms with E-state index in [0.29, 0.717) is 6.04 Å². The Kier molecular flexibility index (Phi) is 5.83. The minimum absolute atomic E-state index is 0.426. The summed E-state index contributed by atoms with van der Waals surface area (Å²) >= 11 is 0. The van der Waals surface area contributed by atoms with E-state index in [9.17, 15) is 0 Å². The largest absolute Gasteiger partial charge is 0.312 e. The maximum absolute atomic E-state index is 3.52. The zero-order valence-corrected chi connectivity index (χ0v) is 14.4. The van der Waals surface area contributed by atoms with Gasteiger partial charge in [-0.15, -0.1) is 0 Å². The van der Waals surface area contributed by atoms with Crippen molar-refractivity contribution in [1.82, 2.24) is 10.2 Å². The number of hydrogen-bond acceptors (Lipinski definition) is 2. The molecule has 1 aliphatic rings. The number of hydrogen-bond donors (Lipinski definition) is 1. The molecule has 1 atom stereocenters. The summed E-state index contributed by atoms with van der Waals surface area (Å²) in [5, 5.41) is 3.52. The summed E-state index contributed by atoms with van der Waals surface area (Å²) in [7, 11) is 4.38. The lowest BCUT2D eigenvalue weighted by molar-refractivity contribution is 0.158. The van der Waals surface area contributed by atoms with Crippen molar-refractivity contribution in [2.45, 2.75) is 58.5 Å². The quantitative estimate of drug-likeness (QED) is 0.878. The Morgan fingerprint density at radius 3 is 2.43 bits per heavy atom. The predicted octanol–water partition coefficient (Wildman–Crippen LogP) is 4.07. The maximum atomic E-state index is 3.52. The van der Waals surface area contributed by atoms with Gasteiger partial charge in [0.25, 0.3) is 0 Å². The van der Waals surface area contributed by atoms with E-state index in [1.54, 1.807) is 0 Å². The fraction of sp³-hybridized carbons (Fsp3) is 0.684. The van der Waals surface area contributed by atoms with Gasteiger partial charge in [-0.05, 0) is 70.7 Å². The minimum Gasteiger partial charge on any atom is -0.312 e. The van der Waals surface area contributed by atoms with Gasteiger partial charge >= 0.3 is 0 Å². The van der Waals surface area contributed by atoms with Crippen molar-refractivity contribution in [1.29, 1.82) is 0 Å². The van der Waals surface area contributed by atoms with Gasteiger partial charge in [0.1, 0.15) is 0 Å². The van der Waals surface area contributed by atoms with Crippen molar-refractivity contribution in [3.05, 3.63) is 34.9 Å². The highest BCUT2D eigenvalue weighted by atomic mass is 15.1. The molecule has 2 rings (SSSR count). The summed E-state index contributed by atoms with van der Waals surface area (Å²) in [4.78, 5) is 2.58. The van der Waals surface area contributed by atoms with Gasteiger partial charge in [-0.25, -0.2) is 0 Å². The highest BCUT2D eigenvalue weighted by molar-refractivity contribution is 5.33. The molecule has 0 aromatic heterocycles. The normalized spacial score (nSPS) is 24.3. The molecular formula is C19H32N2. The van der Waals surface area contributed by atoms with Gasteiger partial charge in [0.15, 0.2) is 0 Å². The molecule has 1 N–H and O–H groups in total. The summed E-state index contributed by atoms with van der Waals surface area (Å²) in [6.45, 7) is 7.89. The third kappa shape index (κ3) is 4.31. The molecule has 0 amide bonds. The van der Waals surface area contributed by atoms with Gasteiger partial charge in [-0.1, -0.05) is 30.7 Å². The van der Waals surface area contributed by atoms with Gasteiger partial charge in [-0.2, -0.15) is 0 Å². The standard InChI is InChI=1S/C19H32N2/c1-14-6-9-17(10-7-14)21(5)13-19(20-4)18-11-8-15(2)12-16(18)3/h8,11-12,14,17,19-20H,6-7,9-10,13H2,1-5H3. The highest BCUT2D eigenvalue weighted by Gasteiger charge is 2.24. The zero-order valence-electron chi connectivity index (χ0n) is 14.4. The SMILES string of the molecule is CNC(CN(C)C1CCC(C)CC1)c1ccc(C)cc1C. The van der Waals surface area contributed by atoms with Crippen LogP contribution in [0.15, 0.2) is 18.2 Å². The van der Waals surface area contributed by atoms with E-state index in [4.69, 9.17) is 0 Å². The fourth-order valence-corrected chi connectivity index (χ4v) is 3.68. The molecule has 0 bridgehead atoms. The smallest absolute Gasteiger partial charge is 0.0449 e. The molecule has 1 fully saturated rings. The molecule has 1 aliphatic carbocycles. The summed E-state index contributed by atoms with van der Waals surface area (Å²) in [6, 6.07) is 8.01. The summed E-state index contributed by atoms with van der Waals surface area (Å²) in [6.07, 6.45) is 5.51. The lowest BCUT2D eigenvalue weighted by atomic mass is 9.86. The third-order valence-corrected chi connectivity index (χ3v) is 5.23. The Morgan fingerprint density at radius 2 is 1.86 bits per heavy atom. The van der Waals surface area contributed by atoms with Crippen LogP contribution in [0.4, 0.5) is 0 Å². The highest BCUT2D eigenvalue weighted by Crippen LogP contribution is 2.28. The monoisotopic (exact) mass is 288 g/mol. The van der Waals surface area contributed by atoms with Crippen LogP contribution < -0.4 is 5.32 Å². The van der Waals surface area contributed by atoms with Crippen molar-refractivity contribution in [3.8, 4) is 0 Å². The minimum atomic E-state index is 0.426. The van der Waals surface area contributed by atoms with Crippen LogP contribution in [0.1, 0.15) is 55.3 Å². The summed E-state index contributed by atoms with van der Waals surface area (Å²) in [5.74, 6) is 0.925. The topological polar surface area (TPSA) is 15.3 Å². The average molecular weight is 288 g/mol. The molecule has 1 aromatic carbocycles. The Morgan fingerprint density at radius 1 is 1.19 bits per heavy atom. The van der Waals surface area contributed by atoms with Crippen LogP contribution in [0, 0.1) is 19.8 Å². The summed E-state index contributed by atoms with van der Waals surface area (Å²) < 4.78 is 0. The van der Waals surface area contributed by atoms with Crippen molar-refractivity contribution in [2.24, 2.45) is 5.92 Å². The Balaban J connectivity index is 2.01. The molecule has 1 aromatic rings. The molecule has 2 nitrogen and oxygen atoms in total. The van der Waals surface area contributed by atoms with E-state index >= 15 is 0 Å². The van der Waals surface area contributed by atoms with E-state index in [0.717, 1.165) is 18.5 Å². The first-order valence-electron chi connectivity index (χ1n) is 8.46. The second-order valence-electron chi connectivity index (χ2n) is 7.05. The molecule has 118 valence electrons. The number of aryl methyl sites for hydroxylation is 2. The van der Waals surface area contributed by atoms with E-state index in [1.165, 1.54) is 42.4 Å². The number of benzene rings is 1. The van der Waals surface area contributed by atoms with E-state index in [2.05, 4.69) is 63.3 Å². The van der Waals surface area contributed by atoms with Crippen LogP contribution in [0.2, 0.25) is 0 Å². The lowest BCUT2D eigenvalue weighted by Gasteiger charge is -2.36. The second kappa shape index (κ2) is 7.42. The van der Waals surface area contributed by atoms with Crippen LogP contribution in [-0.2, 0) is 0 Å². The Labute approximate surface area is 130 Å². The van der Waals surface area contributed by atoms with Crippen LogP contribution in [-0.4, -0.2) is 31.6 Å². The molecule has 2 heteroatoms. The van der Waals surface area contributed by atoms with Gasteiger partial charge in [0.2, 0.25) is 0 Å². The maximum Gasteiger partial charge on any atom is 0.0449 e. The molecule has 21 heavy (non-hydrogen) atoms. The zero-order chi connectivity index (χ0) is 15.4. The van der Waals surface area contributed by atoms with E-state index in [1.807, 2.05) is 0 Å². The van der Waals surface area contributed by atoms with Gasteiger partial charge in [-0.3, -0.25) is 0 Å². The molecule has 0 saturated heterocycles. The lowest BCUT2D eigenvalue weighted by Crippen LogP contribution is -2.40. The van der Waals surface area contributed by atoms with Gasteiger partial charge < -0.3 is 10.2 Å². The first-order chi connectivity index (χ1) is 10.0. The van der Waals surface area contributed by atoms with Crippen LogP contribution in [0.5, 0.6) is 0 Å². The van der Waals surface area contributed by atoms with Crippen molar-refractivity contribution in [3.63, 3.8) is 0 Å². The Bertz CT molecular complexity index is 447. The van der Waals surface area contributed by atoms with Crippen molar-refractivity contribution >= 4 is 0 Å². The van der Waals surface area contributed by atoms with E-state index in [-0.39, 0.29) is 0 Å². The first kappa shape index (κ1) is 16.5. The predicted molar refractivity (Wildman–Crippen MR) is 91.8 cm³/mol. The van der Waals surface area contributed by atoms with Crippen molar-refractivity contribution in [2.75, 3.05) is 20.6 Å². The first-order valence-corrected chi connectivity index (χ1v) is 8.46. The fourth-order valence-electron chi connectivity index (χ4n) is 3.68. The number of nitrogens with one attached hydrogen (secondary N) is 1. The molecule has 0 aliphatic heterocycles. The van der Waals surface area contributed by atoms with Gasteiger partial charge in [0.05, 0.1) is 0 Å². The number of rotatable bonds is 5. The molecule has 0 heterocycles. The number of likely N-dealkylation sites (N-methyl/N-ethyl adjacent to an activating group) is 2. The Hall–Kier alpha value is -0.860. The van der Waals surface area contributed by atoms with Crippen molar-refractivity contribution < 1.29 is 0 Å². The molecule has 1 unspecified atom stereocenters. The summed E-state index contributed by atoms with van der Waals surface area (Å²) in [5.41, 5.74) is 4.19. The van der Waals surface area contributed by atoms with Gasteiger partial charge in [0, 0.05) is 18.6 Å². The molecule has 0 spiro atoms.